The van der Waals surface area contributed by atoms with Crippen LogP contribution in [0.15, 0.2) is 46.9 Å². The summed E-state index contributed by atoms with van der Waals surface area (Å²) in [4.78, 5) is 26.3. The van der Waals surface area contributed by atoms with Crippen molar-refractivity contribution >= 4 is 27.8 Å². The lowest BCUT2D eigenvalue weighted by molar-refractivity contribution is -0.147. The highest BCUT2D eigenvalue weighted by Crippen LogP contribution is 2.34. The smallest absolute Gasteiger partial charge is 0.325 e. The van der Waals surface area contributed by atoms with E-state index in [2.05, 4.69) is 15.9 Å². The number of esters is 1. The number of rotatable bonds is 10. The molecule has 0 heterocycles. The normalized spacial score (nSPS) is 10.3. The molecule has 156 valence electrons. The molecule has 0 aliphatic rings. The van der Waals surface area contributed by atoms with Gasteiger partial charge in [-0.3, -0.25) is 9.59 Å². The lowest BCUT2D eigenvalue weighted by Gasteiger charge is -2.22. The molecule has 6 nitrogen and oxygen atoms in total. The third-order valence-corrected chi connectivity index (χ3v) is 4.91. The molecule has 2 rings (SSSR count). The Morgan fingerprint density at radius 3 is 2.21 bits per heavy atom. The Bertz CT molecular complexity index is 825. The number of amides is 1. The molecule has 29 heavy (non-hydrogen) atoms. The van der Waals surface area contributed by atoms with Gasteiger partial charge in [-0.2, -0.15) is 0 Å². The van der Waals surface area contributed by atoms with Crippen molar-refractivity contribution in [1.82, 2.24) is 4.90 Å². The second-order valence-electron chi connectivity index (χ2n) is 6.24. The van der Waals surface area contributed by atoms with Crippen molar-refractivity contribution in [1.29, 1.82) is 0 Å². The van der Waals surface area contributed by atoms with Gasteiger partial charge in [0.15, 0.2) is 11.5 Å². The molecule has 0 fully saturated rings. The summed E-state index contributed by atoms with van der Waals surface area (Å²) >= 11 is 3.51. The topological polar surface area (TPSA) is 65.1 Å². The number of carbonyl (C=O) groups excluding carboxylic acids is 2. The zero-order valence-corrected chi connectivity index (χ0v) is 18.5. The molecule has 0 aliphatic heterocycles. The molecule has 0 aliphatic carbocycles. The first-order chi connectivity index (χ1) is 14.0. The molecule has 1 amide bonds. The van der Waals surface area contributed by atoms with Crippen molar-refractivity contribution in [3.05, 3.63) is 58.1 Å². The summed E-state index contributed by atoms with van der Waals surface area (Å²) in [6.45, 7) is 4.99. The number of hydrogen-bond acceptors (Lipinski definition) is 5. The summed E-state index contributed by atoms with van der Waals surface area (Å²) in [6, 6.07) is 13.1. The fourth-order valence-corrected chi connectivity index (χ4v) is 3.24. The lowest BCUT2D eigenvalue weighted by atomic mass is 10.1. The number of nitrogens with zero attached hydrogens (tertiary/aromatic N) is 1. The third kappa shape index (κ3) is 6.78. The number of halogens is 1. The molecule has 0 N–H and O–H groups in total. The van der Waals surface area contributed by atoms with Crippen LogP contribution in [-0.4, -0.2) is 43.6 Å². The molecule has 0 saturated heterocycles. The van der Waals surface area contributed by atoms with Gasteiger partial charge in [-0.15, -0.1) is 0 Å². The van der Waals surface area contributed by atoms with Crippen LogP contribution in [0, 0.1) is 0 Å². The maximum Gasteiger partial charge on any atom is 0.325 e. The van der Waals surface area contributed by atoms with E-state index in [0.717, 1.165) is 15.6 Å². The van der Waals surface area contributed by atoms with E-state index in [4.69, 9.17) is 14.2 Å². The zero-order chi connectivity index (χ0) is 21.2. The SMILES string of the molecule is CCOc1cc(Br)c(CC(=O)N(CC(=O)OC)Cc2ccccc2)cc1OCC. The van der Waals surface area contributed by atoms with E-state index in [0.29, 0.717) is 31.3 Å². The molecule has 0 aromatic heterocycles. The van der Waals surface area contributed by atoms with Crippen LogP contribution in [0.4, 0.5) is 0 Å². The summed E-state index contributed by atoms with van der Waals surface area (Å²) in [5.74, 6) is 0.553. The van der Waals surface area contributed by atoms with Crippen molar-refractivity contribution in [3.63, 3.8) is 0 Å². The predicted octanol–water partition coefficient (Wildman–Crippen LogP) is 3.99. The number of hydrogen-bond donors (Lipinski definition) is 0. The number of ether oxygens (including phenoxy) is 3. The predicted molar refractivity (Wildman–Crippen MR) is 114 cm³/mol. The van der Waals surface area contributed by atoms with Crippen LogP contribution in [0.2, 0.25) is 0 Å². The Morgan fingerprint density at radius 2 is 1.62 bits per heavy atom. The van der Waals surface area contributed by atoms with Crippen molar-refractivity contribution in [2.75, 3.05) is 26.9 Å². The van der Waals surface area contributed by atoms with Crippen LogP contribution in [0.1, 0.15) is 25.0 Å². The minimum atomic E-state index is -0.463. The zero-order valence-electron chi connectivity index (χ0n) is 16.9. The van der Waals surface area contributed by atoms with Gasteiger partial charge in [-0.25, -0.2) is 0 Å². The summed E-state index contributed by atoms with van der Waals surface area (Å²) in [7, 11) is 1.31. The molecule has 0 atom stereocenters. The van der Waals surface area contributed by atoms with Crippen LogP contribution in [-0.2, 0) is 27.3 Å². The molecule has 0 unspecified atom stereocenters. The standard InChI is InChI=1S/C22H26BrNO5/c1-4-28-19-11-17(18(23)13-20(19)29-5-2)12-21(25)24(15-22(26)27-3)14-16-9-7-6-8-10-16/h6-11,13H,4-5,12,14-15H2,1-3H3. The van der Waals surface area contributed by atoms with Gasteiger partial charge in [0.05, 0.1) is 26.7 Å². The summed E-state index contributed by atoms with van der Waals surface area (Å²) in [5, 5.41) is 0. The minimum Gasteiger partial charge on any atom is -0.490 e. The van der Waals surface area contributed by atoms with Gasteiger partial charge in [0.25, 0.3) is 0 Å². The van der Waals surface area contributed by atoms with Gasteiger partial charge in [-0.05, 0) is 37.1 Å². The second kappa shape index (κ2) is 11.5. The Kier molecular flexibility index (Phi) is 8.99. The van der Waals surface area contributed by atoms with Crippen molar-refractivity contribution in [2.24, 2.45) is 0 Å². The Labute approximate surface area is 179 Å². The Hall–Kier alpha value is -2.54. The average Bonchev–Trinajstić information content (AvgIpc) is 2.71. The highest BCUT2D eigenvalue weighted by atomic mass is 79.9. The van der Waals surface area contributed by atoms with Crippen LogP contribution in [0.25, 0.3) is 0 Å². The van der Waals surface area contributed by atoms with Gasteiger partial charge in [-0.1, -0.05) is 46.3 Å². The van der Waals surface area contributed by atoms with Crippen LogP contribution < -0.4 is 9.47 Å². The molecular formula is C22H26BrNO5. The fourth-order valence-electron chi connectivity index (χ4n) is 2.78. The van der Waals surface area contributed by atoms with E-state index in [1.807, 2.05) is 44.2 Å². The van der Waals surface area contributed by atoms with Crippen LogP contribution in [0.5, 0.6) is 11.5 Å². The van der Waals surface area contributed by atoms with E-state index in [9.17, 15) is 9.59 Å². The Morgan fingerprint density at radius 1 is 1.00 bits per heavy atom. The molecule has 0 bridgehead atoms. The molecule has 0 saturated carbocycles. The van der Waals surface area contributed by atoms with Gasteiger partial charge in [0, 0.05) is 11.0 Å². The fraction of sp³-hybridized carbons (Fsp3) is 0.364. The second-order valence-corrected chi connectivity index (χ2v) is 7.10. The van der Waals surface area contributed by atoms with Crippen molar-refractivity contribution < 1.29 is 23.8 Å². The van der Waals surface area contributed by atoms with E-state index in [1.54, 1.807) is 12.1 Å². The van der Waals surface area contributed by atoms with Gasteiger partial charge >= 0.3 is 5.97 Å². The van der Waals surface area contributed by atoms with E-state index in [-0.39, 0.29) is 18.9 Å². The first-order valence-electron chi connectivity index (χ1n) is 9.45. The van der Waals surface area contributed by atoms with Gasteiger partial charge < -0.3 is 19.1 Å². The first kappa shape index (κ1) is 22.7. The average molecular weight is 464 g/mol. The monoisotopic (exact) mass is 463 g/mol. The molecular weight excluding hydrogens is 438 g/mol. The summed E-state index contributed by atoms with van der Waals surface area (Å²) in [6.07, 6.45) is 0.108. The molecule has 0 radical (unpaired) electrons. The van der Waals surface area contributed by atoms with Gasteiger partial charge in [0.2, 0.25) is 5.91 Å². The lowest BCUT2D eigenvalue weighted by Crippen LogP contribution is -2.36. The van der Waals surface area contributed by atoms with Crippen molar-refractivity contribution in [3.8, 4) is 11.5 Å². The Balaban J connectivity index is 2.24. The van der Waals surface area contributed by atoms with Crippen LogP contribution >= 0.6 is 15.9 Å². The maximum absolute atomic E-state index is 13.0. The molecule has 0 spiro atoms. The molecule has 7 heteroatoms. The van der Waals surface area contributed by atoms with E-state index in [1.165, 1.54) is 12.0 Å². The number of benzene rings is 2. The van der Waals surface area contributed by atoms with E-state index >= 15 is 0 Å². The minimum absolute atomic E-state index is 0.108. The summed E-state index contributed by atoms with van der Waals surface area (Å²) < 4.78 is 16.8. The van der Waals surface area contributed by atoms with E-state index < -0.39 is 5.97 Å². The highest BCUT2D eigenvalue weighted by molar-refractivity contribution is 9.10. The third-order valence-electron chi connectivity index (χ3n) is 4.17. The quantitative estimate of drug-likeness (QED) is 0.498. The molecule has 2 aromatic carbocycles. The molecule has 2 aromatic rings. The number of methoxy groups -OCH3 is 1. The highest BCUT2D eigenvalue weighted by Gasteiger charge is 2.21. The first-order valence-corrected chi connectivity index (χ1v) is 10.2. The van der Waals surface area contributed by atoms with Crippen LogP contribution in [0.3, 0.4) is 0 Å². The van der Waals surface area contributed by atoms with Crippen molar-refractivity contribution in [2.45, 2.75) is 26.8 Å². The maximum atomic E-state index is 13.0. The number of carbonyl (C=O) groups is 2. The summed E-state index contributed by atoms with van der Waals surface area (Å²) in [5.41, 5.74) is 1.69. The van der Waals surface area contributed by atoms with Gasteiger partial charge in [0.1, 0.15) is 6.54 Å². The largest absolute Gasteiger partial charge is 0.490 e.